The van der Waals surface area contributed by atoms with Crippen molar-refractivity contribution in [1.29, 1.82) is 0 Å². The molecule has 6 nitrogen and oxygen atoms in total. The number of thiazole rings is 1. The number of alkyl halides is 3. The van der Waals surface area contributed by atoms with E-state index in [-0.39, 0.29) is 36.3 Å². The van der Waals surface area contributed by atoms with Crippen molar-refractivity contribution in [3.63, 3.8) is 0 Å². The van der Waals surface area contributed by atoms with E-state index in [1.54, 1.807) is 12.4 Å². The molecule has 0 aromatic carbocycles. The van der Waals surface area contributed by atoms with E-state index in [0.29, 0.717) is 10.6 Å². The second-order valence-corrected chi connectivity index (χ2v) is 6.55. The molecule has 130 valence electrons. The largest absolute Gasteiger partial charge is 0.405 e. The number of aromatic amines is 1. The van der Waals surface area contributed by atoms with E-state index in [9.17, 15) is 18.0 Å². The molecule has 0 saturated carbocycles. The number of H-pyrrole nitrogens is 1. The van der Waals surface area contributed by atoms with Gasteiger partial charge < -0.3 is 15.2 Å². The van der Waals surface area contributed by atoms with Gasteiger partial charge in [-0.15, -0.1) is 11.3 Å². The molecule has 24 heavy (non-hydrogen) atoms. The summed E-state index contributed by atoms with van der Waals surface area (Å²) in [7, 11) is 0. The topological polar surface area (TPSA) is 73.9 Å². The van der Waals surface area contributed by atoms with Gasteiger partial charge in [0.1, 0.15) is 11.1 Å². The highest BCUT2D eigenvalue weighted by molar-refractivity contribution is 7.13. The van der Waals surface area contributed by atoms with E-state index in [4.69, 9.17) is 11.6 Å². The summed E-state index contributed by atoms with van der Waals surface area (Å²) in [6.45, 7) is 1.78. The molecular weight excluding hydrogens is 367 g/mol. The van der Waals surface area contributed by atoms with Gasteiger partial charge in [0.15, 0.2) is 11.6 Å². The summed E-state index contributed by atoms with van der Waals surface area (Å²) in [5.74, 6) is 0.306. The summed E-state index contributed by atoms with van der Waals surface area (Å²) in [6.07, 6.45) is -4.39. The predicted octanol–water partition coefficient (Wildman–Crippen LogP) is 2.20. The molecule has 1 saturated heterocycles. The molecule has 0 bridgehead atoms. The van der Waals surface area contributed by atoms with Crippen molar-refractivity contribution in [3.05, 3.63) is 26.6 Å². The molecule has 1 aliphatic rings. The molecule has 1 atom stereocenters. The van der Waals surface area contributed by atoms with Gasteiger partial charge in [0, 0.05) is 19.6 Å². The molecule has 2 aromatic heterocycles. The van der Waals surface area contributed by atoms with E-state index in [1.807, 2.05) is 0 Å². The summed E-state index contributed by atoms with van der Waals surface area (Å²) in [6, 6.07) is -1.70. The molecule has 3 rings (SSSR count). The van der Waals surface area contributed by atoms with Crippen LogP contribution in [0.4, 0.5) is 19.0 Å². The minimum absolute atomic E-state index is 0.0546. The Morgan fingerprint density at radius 3 is 2.83 bits per heavy atom. The van der Waals surface area contributed by atoms with Crippen LogP contribution in [0.25, 0.3) is 10.7 Å². The number of nitrogens with zero attached hydrogens (tertiary/aromatic N) is 3. The zero-order valence-electron chi connectivity index (χ0n) is 12.4. The molecular formula is C13H13ClF3N5OS. The third-order valence-corrected chi connectivity index (χ3v) is 4.95. The van der Waals surface area contributed by atoms with Crippen LogP contribution in [0.15, 0.2) is 10.3 Å². The molecule has 1 aliphatic heterocycles. The van der Waals surface area contributed by atoms with Crippen molar-refractivity contribution >= 4 is 28.8 Å². The van der Waals surface area contributed by atoms with Gasteiger partial charge in [0.25, 0.3) is 5.56 Å². The molecule has 11 heteroatoms. The molecule has 0 radical (unpaired) electrons. The molecule has 1 unspecified atom stereocenters. The van der Waals surface area contributed by atoms with Crippen LogP contribution < -0.4 is 15.8 Å². The first-order chi connectivity index (χ1) is 11.3. The lowest BCUT2D eigenvalue weighted by Crippen LogP contribution is -2.57. The van der Waals surface area contributed by atoms with E-state index < -0.39 is 17.8 Å². The van der Waals surface area contributed by atoms with Crippen molar-refractivity contribution in [2.75, 3.05) is 24.5 Å². The maximum Gasteiger partial charge on any atom is 0.405 e. The van der Waals surface area contributed by atoms with Gasteiger partial charge in [-0.25, -0.2) is 9.97 Å². The van der Waals surface area contributed by atoms with Crippen LogP contribution in [-0.2, 0) is 0 Å². The van der Waals surface area contributed by atoms with Crippen LogP contribution in [0.1, 0.15) is 5.69 Å². The Labute approximate surface area is 143 Å². The summed E-state index contributed by atoms with van der Waals surface area (Å²) in [5, 5.41) is 2.19. The fourth-order valence-electron chi connectivity index (χ4n) is 2.45. The van der Waals surface area contributed by atoms with Crippen molar-refractivity contribution in [3.8, 4) is 10.7 Å². The van der Waals surface area contributed by atoms with E-state index >= 15 is 0 Å². The van der Waals surface area contributed by atoms with Gasteiger partial charge in [0.05, 0.1) is 16.1 Å². The fraction of sp³-hybridized carbons (Fsp3) is 0.462. The minimum Gasteiger partial charge on any atom is -0.352 e. The average molecular weight is 380 g/mol. The quantitative estimate of drug-likeness (QED) is 0.836. The van der Waals surface area contributed by atoms with Gasteiger partial charge in [0.2, 0.25) is 0 Å². The Bertz CT molecular complexity index is 806. The van der Waals surface area contributed by atoms with E-state index in [1.165, 1.54) is 16.2 Å². The van der Waals surface area contributed by atoms with E-state index in [2.05, 4.69) is 20.3 Å². The number of hydrogen-bond donors (Lipinski definition) is 2. The number of aromatic nitrogens is 3. The maximum atomic E-state index is 12.9. The second kappa shape index (κ2) is 6.34. The number of anilines is 1. The SMILES string of the molecule is Cc1ncsc1-c1nc(N2CCNC(C(F)(F)F)C2)c(Cl)c(=O)[nH]1. The highest BCUT2D eigenvalue weighted by Crippen LogP contribution is 2.29. The highest BCUT2D eigenvalue weighted by atomic mass is 35.5. The summed E-state index contributed by atoms with van der Waals surface area (Å²) < 4.78 is 38.8. The monoisotopic (exact) mass is 379 g/mol. The molecule has 2 N–H and O–H groups in total. The fourth-order valence-corrected chi connectivity index (χ4v) is 3.41. The number of halogens is 4. The molecule has 1 fully saturated rings. The van der Waals surface area contributed by atoms with Gasteiger partial charge in [-0.05, 0) is 6.92 Å². The standard InChI is InChI=1S/C13H13ClF3N5OS/c1-6-9(24-5-19-6)10-20-11(8(14)12(23)21-10)22-3-2-18-7(4-22)13(15,16)17/h5,7,18H,2-4H2,1H3,(H,20,21,23). The first kappa shape index (κ1) is 17.2. The van der Waals surface area contributed by atoms with Crippen LogP contribution in [0.2, 0.25) is 5.02 Å². The minimum atomic E-state index is -4.39. The van der Waals surface area contributed by atoms with E-state index in [0.717, 1.165) is 0 Å². The van der Waals surface area contributed by atoms with Crippen molar-refractivity contribution in [1.82, 2.24) is 20.3 Å². The molecule has 3 heterocycles. The molecule has 0 aliphatic carbocycles. The molecule has 0 spiro atoms. The lowest BCUT2D eigenvalue weighted by atomic mass is 10.2. The Morgan fingerprint density at radius 1 is 1.46 bits per heavy atom. The summed E-state index contributed by atoms with van der Waals surface area (Å²) in [5.41, 5.74) is 1.68. The van der Waals surface area contributed by atoms with Gasteiger partial charge >= 0.3 is 6.18 Å². The molecule has 2 aromatic rings. The van der Waals surface area contributed by atoms with Crippen LogP contribution in [0, 0.1) is 6.92 Å². The number of piperazine rings is 1. The second-order valence-electron chi connectivity index (χ2n) is 5.31. The van der Waals surface area contributed by atoms with Crippen LogP contribution >= 0.6 is 22.9 Å². The Hall–Kier alpha value is -1.65. The van der Waals surface area contributed by atoms with Gasteiger partial charge in [-0.1, -0.05) is 11.6 Å². The first-order valence-corrected chi connectivity index (χ1v) is 8.28. The lowest BCUT2D eigenvalue weighted by Gasteiger charge is -2.35. The smallest absolute Gasteiger partial charge is 0.352 e. The maximum absolute atomic E-state index is 12.9. The van der Waals surface area contributed by atoms with Crippen LogP contribution in [0.5, 0.6) is 0 Å². The van der Waals surface area contributed by atoms with Gasteiger partial charge in [-0.2, -0.15) is 13.2 Å². The first-order valence-electron chi connectivity index (χ1n) is 7.02. The molecule has 0 amide bonds. The Balaban J connectivity index is 2.00. The third kappa shape index (κ3) is 3.26. The van der Waals surface area contributed by atoms with Crippen LogP contribution in [0.3, 0.4) is 0 Å². The van der Waals surface area contributed by atoms with Crippen molar-refractivity contribution in [2.45, 2.75) is 19.1 Å². The Morgan fingerprint density at radius 2 is 2.21 bits per heavy atom. The average Bonchev–Trinajstić information content (AvgIpc) is 2.95. The lowest BCUT2D eigenvalue weighted by molar-refractivity contribution is -0.155. The number of rotatable bonds is 2. The number of aryl methyl sites for hydroxylation is 1. The van der Waals surface area contributed by atoms with Crippen molar-refractivity contribution < 1.29 is 13.2 Å². The zero-order valence-corrected chi connectivity index (χ0v) is 14.0. The van der Waals surface area contributed by atoms with Crippen molar-refractivity contribution in [2.24, 2.45) is 0 Å². The third-order valence-electron chi connectivity index (χ3n) is 3.68. The van der Waals surface area contributed by atoms with Crippen LogP contribution in [-0.4, -0.2) is 46.8 Å². The normalized spacial score (nSPS) is 18.9. The Kier molecular flexibility index (Phi) is 4.54. The zero-order chi connectivity index (χ0) is 17.5. The highest BCUT2D eigenvalue weighted by Gasteiger charge is 2.42. The number of hydrogen-bond acceptors (Lipinski definition) is 6. The summed E-state index contributed by atoms with van der Waals surface area (Å²) >= 11 is 7.28. The number of nitrogens with one attached hydrogen (secondary N) is 2. The summed E-state index contributed by atoms with van der Waals surface area (Å²) in [4.78, 5) is 25.0. The van der Waals surface area contributed by atoms with Gasteiger partial charge in [-0.3, -0.25) is 4.79 Å². The predicted molar refractivity (Wildman–Crippen MR) is 85.8 cm³/mol.